The van der Waals surface area contributed by atoms with Gasteiger partial charge in [0.1, 0.15) is 42.0 Å². The highest BCUT2D eigenvalue weighted by Gasteiger charge is 2.75. The number of anilines is 1. The molecule has 69 heavy (non-hydrogen) atoms. The van der Waals surface area contributed by atoms with Crippen molar-refractivity contribution in [3.05, 3.63) is 191 Å². The van der Waals surface area contributed by atoms with Crippen molar-refractivity contribution >= 4 is 40.6 Å². The number of carbonyl (C=O) groups excluding carboxylic acids is 4. The summed E-state index contributed by atoms with van der Waals surface area (Å²) < 4.78 is 19.0. The van der Waals surface area contributed by atoms with E-state index in [0.29, 0.717) is 33.3 Å². The van der Waals surface area contributed by atoms with Crippen molar-refractivity contribution in [2.75, 3.05) is 31.8 Å². The highest BCUT2D eigenvalue weighted by atomic mass is 16.6. The summed E-state index contributed by atoms with van der Waals surface area (Å²) in [6, 6.07) is 42.6. The predicted octanol–water partition coefficient (Wildman–Crippen LogP) is 6.49. The molecule has 2 saturated heterocycles. The van der Waals surface area contributed by atoms with E-state index in [4.69, 9.17) is 14.2 Å². The molecule has 6 aromatic carbocycles. The average Bonchev–Trinajstić information content (AvgIpc) is 4.02. The Morgan fingerprint density at radius 3 is 2.22 bits per heavy atom. The van der Waals surface area contributed by atoms with Gasteiger partial charge < -0.3 is 29.7 Å². The van der Waals surface area contributed by atoms with Gasteiger partial charge in [-0.3, -0.25) is 19.3 Å². The Bertz CT molecular complexity index is 3100. The molecule has 0 radical (unpaired) electrons. The Morgan fingerprint density at radius 1 is 0.812 bits per heavy atom. The summed E-state index contributed by atoms with van der Waals surface area (Å²) in [5.41, 5.74) is 2.49. The first kappa shape index (κ1) is 44.7. The first-order valence-corrected chi connectivity index (χ1v) is 22.5. The maximum atomic E-state index is 16.3. The van der Waals surface area contributed by atoms with Crippen LogP contribution in [0.1, 0.15) is 57.7 Å². The quantitative estimate of drug-likeness (QED) is 0.0730. The van der Waals surface area contributed by atoms with E-state index in [1.54, 1.807) is 65.3 Å². The van der Waals surface area contributed by atoms with Gasteiger partial charge in [-0.05, 0) is 70.3 Å². The fourth-order valence-corrected chi connectivity index (χ4v) is 10.2. The van der Waals surface area contributed by atoms with Gasteiger partial charge >= 0.3 is 12.1 Å². The summed E-state index contributed by atoms with van der Waals surface area (Å²) >= 11 is 0. The number of aromatic hydroxyl groups is 1. The second-order valence-electron chi connectivity index (χ2n) is 17.0. The molecule has 3 N–H and O–H groups in total. The molecular formula is C54H46N6O9. The highest BCUT2D eigenvalue weighted by molar-refractivity contribution is 6.23. The van der Waals surface area contributed by atoms with Gasteiger partial charge in [-0.15, -0.1) is 5.10 Å². The molecule has 3 aliphatic rings. The van der Waals surface area contributed by atoms with E-state index >= 15 is 14.4 Å². The predicted molar refractivity (Wildman–Crippen MR) is 252 cm³/mol. The number of aliphatic hydroxyl groups excluding tert-OH is 1. The van der Waals surface area contributed by atoms with Gasteiger partial charge in [0, 0.05) is 19.2 Å². The zero-order chi connectivity index (χ0) is 47.6. The Labute approximate surface area is 396 Å². The number of hydrogen-bond acceptors (Lipinski definition) is 12. The number of morpholine rings is 1. The number of esters is 1. The maximum absolute atomic E-state index is 16.3. The largest absolute Gasteiger partial charge is 0.508 e. The molecule has 4 heterocycles. The van der Waals surface area contributed by atoms with Crippen molar-refractivity contribution in [2.24, 2.45) is 5.92 Å². The number of benzene rings is 6. The number of phenolic OH excluding ortho intramolecular Hbond substituents is 1. The fourth-order valence-electron chi connectivity index (χ4n) is 10.2. The third kappa shape index (κ3) is 7.93. The van der Waals surface area contributed by atoms with Gasteiger partial charge in [0.2, 0.25) is 11.8 Å². The lowest BCUT2D eigenvalue weighted by molar-refractivity contribution is -0.178. The van der Waals surface area contributed by atoms with E-state index in [9.17, 15) is 15.0 Å². The number of carbonyl (C=O) groups is 4. The summed E-state index contributed by atoms with van der Waals surface area (Å²) in [7, 11) is 1.45. The molecule has 10 rings (SSSR count). The molecule has 7 aromatic rings. The highest BCUT2D eigenvalue weighted by Crippen LogP contribution is 2.66. The second kappa shape index (κ2) is 18.8. The van der Waals surface area contributed by atoms with Crippen LogP contribution < -0.4 is 10.2 Å². The van der Waals surface area contributed by atoms with Crippen LogP contribution in [0.3, 0.4) is 0 Å². The van der Waals surface area contributed by atoms with Crippen molar-refractivity contribution in [2.45, 2.75) is 42.3 Å². The van der Waals surface area contributed by atoms with Crippen molar-refractivity contribution in [1.29, 1.82) is 0 Å². The minimum absolute atomic E-state index is 0.0353. The molecule has 346 valence electrons. The van der Waals surface area contributed by atoms with E-state index in [1.807, 2.05) is 89.8 Å². The van der Waals surface area contributed by atoms with Crippen molar-refractivity contribution in [1.82, 2.24) is 25.2 Å². The number of phenols is 1. The molecule has 1 aromatic heterocycles. The molecular weight excluding hydrogens is 877 g/mol. The first-order valence-electron chi connectivity index (χ1n) is 22.5. The van der Waals surface area contributed by atoms with Gasteiger partial charge in [0.25, 0.3) is 0 Å². The molecule has 7 atom stereocenters. The number of nitrogens with zero attached hydrogens (tertiary/aromatic N) is 5. The minimum atomic E-state index is -2.11. The van der Waals surface area contributed by atoms with Crippen LogP contribution in [0.2, 0.25) is 0 Å². The number of fused-ring (bicyclic) bond motifs is 4. The summed E-state index contributed by atoms with van der Waals surface area (Å²) in [5.74, 6) is 2.31. The van der Waals surface area contributed by atoms with Crippen molar-refractivity contribution < 1.29 is 43.6 Å². The number of hydrogen-bond donors (Lipinski definition) is 3. The molecule has 0 aliphatic carbocycles. The lowest BCUT2D eigenvalue weighted by Gasteiger charge is -2.46. The Balaban J connectivity index is 1.21. The van der Waals surface area contributed by atoms with Crippen LogP contribution in [0.25, 0.3) is 11.0 Å². The minimum Gasteiger partial charge on any atom is -0.508 e. The fraction of sp³-hybridized carbons (Fsp3) is 0.222. The van der Waals surface area contributed by atoms with Crippen LogP contribution in [0, 0.1) is 17.8 Å². The SMILES string of the molecule is COCCOC(=O)N1C(=O)C2(c3cc(C#CCn4nnc5ccccc54)ccc31)C(C(=O)NCC(O)c1ccccc1)C1C(=O)OC(c3ccccc3)C(c3ccccc3)N1C2c1ccc(O)cc1. The third-order valence-corrected chi connectivity index (χ3v) is 13.2. The number of aliphatic hydroxyl groups is 1. The van der Waals surface area contributed by atoms with Crippen molar-refractivity contribution in [3.63, 3.8) is 0 Å². The lowest BCUT2D eigenvalue weighted by Crippen LogP contribution is -2.56. The number of para-hydroxylation sites is 1. The van der Waals surface area contributed by atoms with E-state index in [1.165, 1.54) is 19.2 Å². The third-order valence-electron chi connectivity index (χ3n) is 13.2. The first-order chi connectivity index (χ1) is 33.7. The Morgan fingerprint density at radius 2 is 1.49 bits per heavy atom. The Hall–Kier alpha value is -8.16. The maximum Gasteiger partial charge on any atom is 0.421 e. The van der Waals surface area contributed by atoms with Gasteiger partial charge in [-0.2, -0.15) is 0 Å². The van der Waals surface area contributed by atoms with Crippen LogP contribution in [-0.2, 0) is 40.6 Å². The summed E-state index contributed by atoms with van der Waals surface area (Å²) in [6.45, 7) is -0.290. The Kier molecular flexibility index (Phi) is 12.2. The van der Waals surface area contributed by atoms with Gasteiger partial charge in [0.05, 0.1) is 41.9 Å². The normalized spacial score (nSPS) is 22.1. The average molecular weight is 923 g/mol. The summed E-state index contributed by atoms with van der Waals surface area (Å²) in [4.78, 5) is 64.6. The molecule has 3 aliphatic heterocycles. The van der Waals surface area contributed by atoms with Gasteiger partial charge in [-0.25, -0.2) is 14.4 Å². The number of amides is 3. The molecule has 2 fully saturated rings. The van der Waals surface area contributed by atoms with E-state index < -0.39 is 65.5 Å². The van der Waals surface area contributed by atoms with E-state index in [-0.39, 0.29) is 43.3 Å². The monoisotopic (exact) mass is 922 g/mol. The van der Waals surface area contributed by atoms with E-state index in [2.05, 4.69) is 27.5 Å². The van der Waals surface area contributed by atoms with Crippen LogP contribution in [0.4, 0.5) is 10.5 Å². The number of aromatic nitrogens is 3. The molecule has 7 unspecified atom stereocenters. The molecule has 3 amide bonds. The summed E-state index contributed by atoms with van der Waals surface area (Å²) in [5, 5.41) is 33.6. The zero-order valence-corrected chi connectivity index (χ0v) is 37.3. The molecule has 1 spiro atoms. The van der Waals surface area contributed by atoms with Gasteiger partial charge in [-0.1, -0.05) is 132 Å². The van der Waals surface area contributed by atoms with Gasteiger partial charge in [0.15, 0.2) is 0 Å². The molecule has 15 heteroatoms. The van der Waals surface area contributed by atoms with Crippen LogP contribution in [0.5, 0.6) is 5.75 Å². The smallest absolute Gasteiger partial charge is 0.421 e. The molecule has 0 saturated carbocycles. The number of ether oxygens (including phenoxy) is 3. The van der Waals surface area contributed by atoms with Crippen molar-refractivity contribution in [3.8, 4) is 17.6 Å². The standard InChI is InChI=1S/C54H46N6O9/c1-67-30-31-68-53(66)59-42-28-23-34(14-13-29-58-43-22-12-11-21-41(43)56-57-58)32-40(42)54(52(59)65)45(50(63)55-33-44(62)35-15-5-2-6-16-35)47-51(64)69-48(37-19-9-4-10-20-37)46(36-17-7-3-8-18-36)60(47)49(54)38-24-26-39(61)27-25-38/h2-12,15-28,32,44-49,61-62H,29-31,33H2,1H3,(H,55,63). The van der Waals surface area contributed by atoms with E-state index in [0.717, 1.165) is 10.4 Å². The number of rotatable bonds is 11. The number of imide groups is 1. The zero-order valence-electron chi connectivity index (χ0n) is 37.3. The lowest BCUT2D eigenvalue weighted by atomic mass is 9.65. The van der Waals surface area contributed by atoms with Crippen LogP contribution in [0.15, 0.2) is 158 Å². The molecule has 0 bridgehead atoms. The van der Waals surface area contributed by atoms with Crippen LogP contribution in [-0.4, -0.2) is 86.9 Å². The number of methoxy groups -OCH3 is 1. The summed E-state index contributed by atoms with van der Waals surface area (Å²) in [6.07, 6.45) is -3.14. The van der Waals surface area contributed by atoms with Crippen LogP contribution >= 0.6 is 0 Å². The topological polar surface area (TPSA) is 186 Å². The number of cyclic esters (lactones) is 1. The second-order valence-corrected chi connectivity index (χ2v) is 17.0. The number of nitrogens with one attached hydrogen (secondary N) is 1. The molecule has 15 nitrogen and oxygen atoms in total.